The molecule has 0 aliphatic heterocycles. The van der Waals surface area contributed by atoms with Gasteiger partial charge in [-0.3, -0.25) is 4.79 Å². The maximum atomic E-state index is 11.5. The molecular weight excluding hydrogens is 212 g/mol. The Balaban J connectivity index is 1.96. The van der Waals surface area contributed by atoms with Crippen LogP contribution in [0, 0.1) is 0 Å². The predicted molar refractivity (Wildman–Crippen MR) is 68.2 cm³/mol. The van der Waals surface area contributed by atoms with Crippen molar-refractivity contribution in [2.75, 3.05) is 0 Å². The summed E-state index contributed by atoms with van der Waals surface area (Å²) in [6.45, 7) is 0. The van der Waals surface area contributed by atoms with E-state index < -0.39 is 0 Å². The summed E-state index contributed by atoms with van der Waals surface area (Å²) in [5, 5.41) is 0. The van der Waals surface area contributed by atoms with Crippen LogP contribution in [0.5, 0.6) is 0 Å². The molecule has 1 aromatic carbocycles. The zero-order valence-electron chi connectivity index (χ0n) is 9.24. The highest BCUT2D eigenvalue weighted by molar-refractivity contribution is 6.04. The van der Waals surface area contributed by atoms with Crippen LogP contribution >= 0.6 is 0 Å². The molecule has 0 bridgehead atoms. The number of carbonyl (C=O) groups excluding carboxylic acids is 1. The van der Waals surface area contributed by atoms with Gasteiger partial charge in [0.1, 0.15) is 5.76 Å². The molecule has 0 spiro atoms. The van der Waals surface area contributed by atoms with Crippen LogP contribution in [-0.4, -0.2) is 5.78 Å². The van der Waals surface area contributed by atoms with Crippen LogP contribution in [0.25, 0.3) is 12.2 Å². The lowest BCUT2D eigenvalue weighted by Crippen LogP contribution is -1.84. The minimum atomic E-state index is -0.0646. The second-order valence-electron chi connectivity index (χ2n) is 3.50. The smallest absolute Gasteiger partial charge is 0.178 e. The first-order valence-electron chi connectivity index (χ1n) is 5.33. The Morgan fingerprint density at radius 1 is 0.941 bits per heavy atom. The van der Waals surface area contributed by atoms with Gasteiger partial charge in [0.05, 0.1) is 6.26 Å². The minimum absolute atomic E-state index is 0.0646. The molecule has 0 atom stereocenters. The summed E-state index contributed by atoms with van der Waals surface area (Å²) < 4.78 is 5.08. The molecular formula is C15H12O2. The van der Waals surface area contributed by atoms with E-state index in [1.165, 1.54) is 12.2 Å². The van der Waals surface area contributed by atoms with Crippen LogP contribution in [0.4, 0.5) is 0 Å². The molecule has 0 saturated heterocycles. The van der Waals surface area contributed by atoms with E-state index in [1.807, 2.05) is 30.3 Å². The van der Waals surface area contributed by atoms with Gasteiger partial charge in [-0.05, 0) is 35.9 Å². The fourth-order valence-corrected chi connectivity index (χ4v) is 1.35. The number of allylic oxidation sites excluding steroid dienone is 2. The predicted octanol–water partition coefficient (Wildman–Crippen LogP) is 3.58. The summed E-state index contributed by atoms with van der Waals surface area (Å²) >= 11 is 0. The van der Waals surface area contributed by atoms with Crippen molar-refractivity contribution in [1.82, 2.24) is 0 Å². The van der Waals surface area contributed by atoms with Crippen LogP contribution in [0.1, 0.15) is 11.3 Å². The Hall–Kier alpha value is -2.35. The molecule has 2 rings (SSSR count). The lowest BCUT2D eigenvalue weighted by Gasteiger charge is -1.89. The van der Waals surface area contributed by atoms with Gasteiger partial charge in [-0.15, -0.1) is 0 Å². The van der Waals surface area contributed by atoms with E-state index in [4.69, 9.17) is 4.42 Å². The van der Waals surface area contributed by atoms with Crippen molar-refractivity contribution in [3.05, 3.63) is 72.2 Å². The van der Waals surface area contributed by atoms with Crippen molar-refractivity contribution in [3.8, 4) is 0 Å². The van der Waals surface area contributed by atoms with Crippen molar-refractivity contribution in [1.29, 1.82) is 0 Å². The lowest BCUT2D eigenvalue weighted by atomic mass is 10.2. The normalized spacial score (nSPS) is 11.3. The van der Waals surface area contributed by atoms with Crippen LogP contribution in [0.3, 0.4) is 0 Å². The topological polar surface area (TPSA) is 30.2 Å². The molecule has 17 heavy (non-hydrogen) atoms. The molecule has 0 fully saturated rings. The highest BCUT2D eigenvalue weighted by Gasteiger charge is 1.91. The summed E-state index contributed by atoms with van der Waals surface area (Å²) in [5.41, 5.74) is 1.01. The summed E-state index contributed by atoms with van der Waals surface area (Å²) in [7, 11) is 0. The monoisotopic (exact) mass is 224 g/mol. The Kier molecular flexibility index (Phi) is 3.71. The number of carbonyl (C=O) groups is 1. The van der Waals surface area contributed by atoms with Gasteiger partial charge >= 0.3 is 0 Å². The third-order valence-electron chi connectivity index (χ3n) is 2.19. The van der Waals surface area contributed by atoms with E-state index in [0.29, 0.717) is 5.76 Å². The average molecular weight is 224 g/mol. The molecule has 1 heterocycles. The molecule has 2 heteroatoms. The Morgan fingerprint density at radius 2 is 1.71 bits per heavy atom. The molecule has 2 nitrogen and oxygen atoms in total. The van der Waals surface area contributed by atoms with Gasteiger partial charge in [0.15, 0.2) is 5.78 Å². The first-order valence-corrected chi connectivity index (χ1v) is 5.33. The lowest BCUT2D eigenvalue weighted by molar-refractivity contribution is -0.110. The van der Waals surface area contributed by atoms with Gasteiger partial charge in [-0.1, -0.05) is 36.4 Å². The molecule has 0 aliphatic carbocycles. The quantitative estimate of drug-likeness (QED) is 0.743. The van der Waals surface area contributed by atoms with Crippen LogP contribution in [0.15, 0.2) is 65.3 Å². The summed E-state index contributed by atoms with van der Waals surface area (Å²) in [6.07, 6.45) is 8.03. The van der Waals surface area contributed by atoms with Crippen molar-refractivity contribution in [3.63, 3.8) is 0 Å². The average Bonchev–Trinajstić information content (AvgIpc) is 2.88. The maximum absolute atomic E-state index is 11.5. The molecule has 2 aromatic rings. The summed E-state index contributed by atoms with van der Waals surface area (Å²) in [6, 6.07) is 13.3. The van der Waals surface area contributed by atoms with E-state index >= 15 is 0 Å². The van der Waals surface area contributed by atoms with Gasteiger partial charge < -0.3 is 4.42 Å². The number of ketones is 1. The third kappa shape index (κ3) is 3.61. The highest BCUT2D eigenvalue weighted by Crippen LogP contribution is 2.04. The van der Waals surface area contributed by atoms with Crippen molar-refractivity contribution in [2.45, 2.75) is 0 Å². The van der Waals surface area contributed by atoms with Gasteiger partial charge in [-0.2, -0.15) is 0 Å². The molecule has 84 valence electrons. The number of rotatable bonds is 4. The minimum Gasteiger partial charge on any atom is -0.465 e. The Morgan fingerprint density at radius 3 is 2.41 bits per heavy atom. The largest absolute Gasteiger partial charge is 0.465 e. The second kappa shape index (κ2) is 5.66. The SMILES string of the molecule is O=C(/C=C/c1ccccc1)/C=C/c1ccco1. The fraction of sp³-hybridized carbons (Fsp3) is 0. The molecule has 0 unspecified atom stereocenters. The van der Waals surface area contributed by atoms with E-state index in [9.17, 15) is 4.79 Å². The second-order valence-corrected chi connectivity index (χ2v) is 3.50. The maximum Gasteiger partial charge on any atom is 0.178 e. The molecule has 0 N–H and O–H groups in total. The molecule has 1 aromatic heterocycles. The van der Waals surface area contributed by atoms with Gasteiger partial charge in [-0.25, -0.2) is 0 Å². The van der Waals surface area contributed by atoms with Gasteiger partial charge in [0.25, 0.3) is 0 Å². The summed E-state index contributed by atoms with van der Waals surface area (Å²) in [4.78, 5) is 11.5. The van der Waals surface area contributed by atoms with Gasteiger partial charge in [0.2, 0.25) is 0 Å². The third-order valence-corrected chi connectivity index (χ3v) is 2.19. The Labute approximate surface area is 99.9 Å². The number of furan rings is 1. The molecule has 0 radical (unpaired) electrons. The fourth-order valence-electron chi connectivity index (χ4n) is 1.35. The molecule has 0 saturated carbocycles. The van der Waals surface area contributed by atoms with Gasteiger partial charge in [0, 0.05) is 0 Å². The number of benzene rings is 1. The van der Waals surface area contributed by atoms with Crippen molar-refractivity contribution >= 4 is 17.9 Å². The van der Waals surface area contributed by atoms with E-state index in [2.05, 4.69) is 0 Å². The first kappa shape index (κ1) is 11.1. The van der Waals surface area contributed by atoms with Crippen LogP contribution < -0.4 is 0 Å². The van der Waals surface area contributed by atoms with E-state index in [-0.39, 0.29) is 5.78 Å². The van der Waals surface area contributed by atoms with Crippen LogP contribution in [-0.2, 0) is 4.79 Å². The highest BCUT2D eigenvalue weighted by atomic mass is 16.3. The Bertz CT molecular complexity index is 519. The zero-order valence-corrected chi connectivity index (χ0v) is 9.24. The van der Waals surface area contributed by atoms with E-state index in [0.717, 1.165) is 5.56 Å². The number of hydrogen-bond acceptors (Lipinski definition) is 2. The van der Waals surface area contributed by atoms with Crippen LogP contribution in [0.2, 0.25) is 0 Å². The first-order chi connectivity index (χ1) is 8.34. The van der Waals surface area contributed by atoms with Crippen molar-refractivity contribution in [2.24, 2.45) is 0 Å². The van der Waals surface area contributed by atoms with E-state index in [1.54, 1.807) is 30.5 Å². The van der Waals surface area contributed by atoms with Crippen molar-refractivity contribution < 1.29 is 9.21 Å². The standard InChI is InChI=1S/C15H12O2/c16-14(10-11-15-7-4-12-17-15)9-8-13-5-2-1-3-6-13/h1-12H/b9-8+,11-10+. The zero-order chi connectivity index (χ0) is 11.9. The molecule has 0 amide bonds. The molecule has 0 aliphatic rings. The summed E-state index contributed by atoms with van der Waals surface area (Å²) in [5.74, 6) is 0.608. The number of hydrogen-bond donors (Lipinski definition) is 0.